The highest BCUT2D eigenvalue weighted by atomic mass is 35.5. The number of nitrogens with two attached hydrogens (primary N) is 1. The van der Waals surface area contributed by atoms with Crippen molar-refractivity contribution >= 4 is 78.1 Å². The summed E-state index contributed by atoms with van der Waals surface area (Å²) in [6.07, 6.45) is 34.7. The van der Waals surface area contributed by atoms with Crippen molar-refractivity contribution in [1.82, 2.24) is 109 Å². The van der Waals surface area contributed by atoms with E-state index in [1.165, 1.54) is 30.3 Å². The summed E-state index contributed by atoms with van der Waals surface area (Å²) < 4.78 is 62.4. The number of nitrogens with one attached hydrogen (secondary N) is 1. The number of pyridine rings is 13. The van der Waals surface area contributed by atoms with Crippen LogP contribution in [-0.2, 0) is 0 Å². The molecular weight excluding hydrogens is 1680 g/mol. The Hall–Kier alpha value is -15.9. The maximum atomic E-state index is 14.7. The Labute approximate surface area is 759 Å². The maximum Gasteiger partial charge on any atom is 0.163 e. The summed E-state index contributed by atoms with van der Waals surface area (Å²) >= 11 is 6.16. The van der Waals surface area contributed by atoms with Crippen LogP contribution in [0.2, 0.25) is 5.02 Å². The van der Waals surface area contributed by atoms with Crippen LogP contribution in [0.25, 0.3) is 178 Å². The lowest BCUT2D eigenvalue weighted by Gasteiger charge is -2.28. The minimum Gasteiger partial charge on any atom is -0.383 e. The van der Waals surface area contributed by atoms with Crippen molar-refractivity contribution in [2.75, 3.05) is 77.1 Å². The zero-order valence-electron chi connectivity index (χ0n) is 71.4. The molecule has 3 aliphatic rings. The minimum atomic E-state index is -0.389. The molecule has 648 valence electrons. The van der Waals surface area contributed by atoms with Crippen LogP contribution in [0.1, 0.15) is 24.9 Å². The van der Waals surface area contributed by atoms with E-state index in [2.05, 4.69) is 148 Å². The van der Waals surface area contributed by atoms with Crippen molar-refractivity contribution in [2.45, 2.75) is 24.9 Å². The molecule has 0 bridgehead atoms. The van der Waals surface area contributed by atoms with Gasteiger partial charge in [0.1, 0.15) is 34.9 Å². The fraction of sp³-hybridized carbons (Fsp3) is 0.136. The Bertz CT molecular complexity index is 7710. The number of fused-ring (bicyclic) bond motifs is 5. The van der Waals surface area contributed by atoms with E-state index in [0.717, 1.165) is 176 Å². The lowest BCUT2D eigenvalue weighted by Crippen LogP contribution is -2.43. The number of nitrogen functional groups attached to an aromatic ring is 1. The van der Waals surface area contributed by atoms with E-state index in [9.17, 15) is 17.6 Å². The molecule has 0 unspecified atom stereocenters. The molecule has 0 aliphatic carbocycles. The minimum absolute atomic E-state index is 0.312. The Morgan fingerprint density at radius 2 is 0.765 bits per heavy atom. The van der Waals surface area contributed by atoms with E-state index in [1.54, 1.807) is 123 Å². The first-order chi connectivity index (χ1) is 64.7. The molecule has 29 heteroatoms. The van der Waals surface area contributed by atoms with E-state index in [4.69, 9.17) is 22.3 Å². The summed E-state index contributed by atoms with van der Waals surface area (Å²) in [7, 11) is 4.27. The van der Waals surface area contributed by atoms with Crippen LogP contribution >= 0.6 is 11.6 Å². The third kappa shape index (κ3) is 17.8. The van der Waals surface area contributed by atoms with Crippen LogP contribution in [0, 0.1) is 23.3 Å². The average Bonchev–Trinajstić information content (AvgIpc) is 1.08. The number of piperazine rings is 1. The van der Waals surface area contributed by atoms with Crippen LogP contribution in [0.3, 0.4) is 0 Å². The number of benzene rings is 4. The molecule has 0 spiro atoms. The number of aromatic nitrogens is 19. The molecule has 4 aromatic carbocycles. The van der Waals surface area contributed by atoms with Gasteiger partial charge in [0.2, 0.25) is 0 Å². The van der Waals surface area contributed by atoms with E-state index < -0.39 is 0 Å². The van der Waals surface area contributed by atoms with E-state index in [-0.39, 0.29) is 23.3 Å². The molecule has 2 atom stereocenters. The number of anilines is 2. The fourth-order valence-electron chi connectivity index (χ4n) is 17.1. The first-order valence-corrected chi connectivity index (χ1v) is 43.4. The van der Waals surface area contributed by atoms with Gasteiger partial charge in [-0.05, 0) is 225 Å². The van der Waals surface area contributed by atoms with Crippen molar-refractivity contribution in [3.05, 3.63) is 334 Å². The van der Waals surface area contributed by atoms with Crippen molar-refractivity contribution in [1.29, 1.82) is 0 Å². The van der Waals surface area contributed by atoms with Crippen LogP contribution in [0.4, 0.5) is 29.2 Å². The largest absolute Gasteiger partial charge is 0.383 e. The van der Waals surface area contributed by atoms with E-state index in [0.29, 0.717) is 96.4 Å². The van der Waals surface area contributed by atoms with Crippen LogP contribution in [-0.4, -0.2) is 171 Å². The third-order valence-electron chi connectivity index (χ3n) is 23.8. The van der Waals surface area contributed by atoms with Crippen molar-refractivity contribution in [3.8, 4) is 123 Å². The second-order valence-corrected chi connectivity index (χ2v) is 32.9. The van der Waals surface area contributed by atoms with Crippen molar-refractivity contribution in [2.24, 2.45) is 0 Å². The quantitative estimate of drug-likeness (QED) is 0.0957. The van der Waals surface area contributed by atoms with E-state index in [1.807, 2.05) is 128 Å². The normalized spacial score (nSPS) is 14.6. The molecule has 3 saturated heterocycles. The summed E-state index contributed by atoms with van der Waals surface area (Å²) in [6.45, 7) is 7.85. The highest BCUT2D eigenvalue weighted by Crippen LogP contribution is 2.42. The predicted molar refractivity (Wildman–Crippen MR) is 508 cm³/mol. The monoisotopic (exact) mass is 1760 g/mol. The molecule has 16 aromatic heterocycles. The molecule has 3 aliphatic heterocycles. The number of rotatable bonds is 14. The molecule has 0 radical (unpaired) electrons. The molecule has 3 fully saturated rings. The highest BCUT2D eigenvalue weighted by molar-refractivity contribution is 6.30. The highest BCUT2D eigenvalue weighted by Gasteiger charge is 2.27. The summed E-state index contributed by atoms with van der Waals surface area (Å²) in [5.74, 6) is 0.571. The Balaban J connectivity index is 0.000000110. The number of likely N-dealkylation sites (N-methyl/N-ethyl adjacent to an activating group) is 2. The summed E-state index contributed by atoms with van der Waals surface area (Å²) in [6, 6.07) is 58.0. The Kier molecular flexibility index (Phi) is 23.9. The third-order valence-corrected chi connectivity index (χ3v) is 24.1. The zero-order valence-corrected chi connectivity index (χ0v) is 72.2. The van der Waals surface area contributed by atoms with Gasteiger partial charge in [-0.1, -0.05) is 48.0 Å². The summed E-state index contributed by atoms with van der Waals surface area (Å²) in [5.41, 5.74) is 23.7. The topological polar surface area (TPSA) is 277 Å². The Morgan fingerprint density at radius 3 is 1.23 bits per heavy atom. The molecule has 23 rings (SSSR count). The molecule has 132 heavy (non-hydrogen) atoms. The molecule has 0 amide bonds. The van der Waals surface area contributed by atoms with Gasteiger partial charge < -0.3 is 25.8 Å². The second-order valence-electron chi connectivity index (χ2n) is 32.5. The summed E-state index contributed by atoms with van der Waals surface area (Å²) in [4.78, 5) is 74.4. The van der Waals surface area contributed by atoms with Gasteiger partial charge in [0.25, 0.3) is 0 Å². The number of nitrogens with zero attached hydrogens (tertiary/aromatic N) is 22. The molecule has 3 N–H and O–H groups in total. The molecule has 24 nitrogen and oxygen atoms in total. The molecule has 20 aromatic rings. The lowest BCUT2D eigenvalue weighted by molar-refractivity contribution is 0.382. The lowest BCUT2D eigenvalue weighted by atomic mass is 9.97. The number of halogens is 5. The Morgan fingerprint density at radius 1 is 0.333 bits per heavy atom. The van der Waals surface area contributed by atoms with Gasteiger partial charge in [0, 0.05) is 243 Å². The van der Waals surface area contributed by atoms with Crippen LogP contribution in [0.5, 0.6) is 0 Å². The van der Waals surface area contributed by atoms with Crippen LogP contribution < -0.4 is 16.0 Å². The number of hydrogen-bond acceptors (Lipinski definition) is 22. The first-order valence-electron chi connectivity index (χ1n) is 43.0. The smallest absolute Gasteiger partial charge is 0.163 e. The average molecular weight is 1770 g/mol. The zero-order chi connectivity index (χ0) is 89.7. The summed E-state index contributed by atoms with van der Waals surface area (Å²) in [5, 5.41) is 18.2. The molecular formula is C103H81ClF4N24. The van der Waals surface area contributed by atoms with Crippen molar-refractivity contribution in [3.63, 3.8) is 0 Å². The van der Waals surface area contributed by atoms with Gasteiger partial charge in [-0.3, -0.25) is 29.3 Å². The van der Waals surface area contributed by atoms with E-state index >= 15 is 0 Å². The van der Waals surface area contributed by atoms with Crippen LogP contribution in [0.15, 0.2) is 306 Å². The predicted octanol–water partition coefficient (Wildman–Crippen LogP) is 20.1. The molecule has 0 saturated carbocycles. The molecule has 19 heterocycles. The first kappa shape index (κ1) is 84.3. The van der Waals surface area contributed by atoms with Gasteiger partial charge >= 0.3 is 0 Å². The number of likely N-dealkylation sites (tertiary alicyclic amines) is 2. The van der Waals surface area contributed by atoms with Gasteiger partial charge in [0.15, 0.2) is 28.4 Å². The second kappa shape index (κ2) is 37.4. The van der Waals surface area contributed by atoms with Crippen molar-refractivity contribution < 1.29 is 17.6 Å². The van der Waals surface area contributed by atoms with Gasteiger partial charge in [0.05, 0.1) is 47.3 Å². The van der Waals surface area contributed by atoms with Gasteiger partial charge in [-0.25, -0.2) is 72.4 Å². The van der Waals surface area contributed by atoms with Gasteiger partial charge in [-0.2, -0.15) is 10.2 Å². The maximum absolute atomic E-state index is 14.7. The SMILES string of the molecule is CN1CC[C@H](n2cc(-c3cncc(-c4cc(-c5cc(Cl)ccc5F)nc5ncccc45)c3)cn2)C1.CN1CC[C@H](n2cc(-c3cncc(-c4cc(-c5ccccc5F)nc5ncccc45)c3)cn2)C1.Fc1ccccc1-c1cc(-c2cncc(-c3nccc(N4CCNCC4)n3)c2)c2cccnc2n1.Nc1ncc(-c2cc(-c3ccccc3F)nc3ncccc23)c2ccncc12. The standard InChI is InChI=1S/C27H22ClFN6.C27H22FN7.C27H23FN6.C22H14FN5/c1-34-8-6-21(16-34)35-15-19(14-32-35)17-9-18(13-30-12-17)23-11-26(24-10-20(28)4-5-25(24)29)33-27-22(23)3-2-7-31-27;28-23-6-2-1-4-21(23)24-15-22(20-5-3-8-31-27(20)33-24)18-14-19(17-30-16-18)26-32-9-7-25(34-26)35-12-10-29-11-13-35;1-33-10-8-21(17-33)34-16-20(15-31-34)18-11-19(14-29-13-18)24-12-26(23-5-2-3-7-25(23)28)32-27-22(24)6-4-9-30-27;23-19-6-2-1-4-15(19)20-10-16(14-5-3-8-26-22(14)28-20)17-12-27-21(24)18-11-25-9-7-13(17)18/h2-5,7,9-15,21H,6,8,16H2,1H3;1-9,14-17,29H,10-13H2;2-7,9,11-16,21H,8,10,17H2,1H3;1-12H,(H2,24,27)/t21-;;21-;/m0.0./s1. The fourth-order valence-corrected chi connectivity index (χ4v) is 17.3. The van der Waals surface area contributed by atoms with Gasteiger partial charge in [-0.15, -0.1) is 0 Å². The number of hydrogen-bond donors (Lipinski definition) is 2.